The average Bonchev–Trinajstić information content (AvgIpc) is 2.48. The van der Waals surface area contributed by atoms with E-state index < -0.39 is 5.91 Å². The average molecular weight is 251 g/mol. The predicted octanol–water partition coefficient (Wildman–Crippen LogP) is 1.96. The molecule has 0 fully saturated rings. The summed E-state index contributed by atoms with van der Waals surface area (Å²) in [5.41, 5.74) is 1.28. The van der Waals surface area contributed by atoms with Crippen LogP contribution in [0.25, 0.3) is 6.08 Å². The molecule has 2 aromatic rings. The zero-order valence-electron chi connectivity index (χ0n) is 10.0. The molecule has 1 N–H and O–H groups in total. The van der Waals surface area contributed by atoms with Gasteiger partial charge in [-0.1, -0.05) is 30.3 Å². The summed E-state index contributed by atoms with van der Waals surface area (Å²) in [6.07, 6.45) is 6.27. The van der Waals surface area contributed by atoms with Crippen LogP contribution in [0, 0.1) is 0 Å². The predicted molar refractivity (Wildman–Crippen MR) is 71.8 cm³/mol. The summed E-state index contributed by atoms with van der Waals surface area (Å²) in [4.78, 5) is 26.5. The molecular formula is C15H11N2O2. The molecule has 4 nitrogen and oxygen atoms in total. The van der Waals surface area contributed by atoms with Crippen molar-refractivity contribution in [3.63, 3.8) is 0 Å². The Bertz CT molecular complexity index is 592. The molecule has 2 rings (SSSR count). The summed E-state index contributed by atoms with van der Waals surface area (Å²) < 4.78 is 0. The monoisotopic (exact) mass is 251 g/mol. The van der Waals surface area contributed by atoms with Crippen LogP contribution in [0.1, 0.15) is 15.9 Å². The van der Waals surface area contributed by atoms with E-state index in [9.17, 15) is 9.59 Å². The Kier molecular flexibility index (Phi) is 4.18. The number of carbonyl (C=O) groups excluding carboxylic acids is 2. The molecular weight excluding hydrogens is 240 g/mol. The van der Waals surface area contributed by atoms with Crippen molar-refractivity contribution in [1.82, 2.24) is 10.3 Å². The van der Waals surface area contributed by atoms with Gasteiger partial charge >= 0.3 is 0 Å². The highest BCUT2D eigenvalue weighted by Crippen LogP contribution is 2.04. The van der Waals surface area contributed by atoms with E-state index in [1.807, 2.05) is 30.3 Å². The van der Waals surface area contributed by atoms with Crippen molar-refractivity contribution < 1.29 is 9.59 Å². The van der Waals surface area contributed by atoms with Crippen molar-refractivity contribution in [3.8, 4) is 0 Å². The lowest BCUT2D eigenvalue weighted by Crippen LogP contribution is -2.23. The summed E-state index contributed by atoms with van der Waals surface area (Å²) in [6.45, 7) is 0. The van der Waals surface area contributed by atoms with Gasteiger partial charge in [-0.25, -0.2) is 0 Å². The maximum absolute atomic E-state index is 11.8. The fourth-order valence-electron chi connectivity index (χ4n) is 1.50. The second-order valence-corrected chi connectivity index (χ2v) is 3.77. The summed E-state index contributed by atoms with van der Waals surface area (Å²) >= 11 is 0. The van der Waals surface area contributed by atoms with Crippen molar-refractivity contribution >= 4 is 18.3 Å². The minimum atomic E-state index is -0.390. The summed E-state index contributed by atoms with van der Waals surface area (Å²) in [6, 6.07) is 12.5. The number of nitrogens with zero attached hydrogens (tertiary/aromatic N) is 1. The second kappa shape index (κ2) is 6.26. The Hall–Kier alpha value is -2.75. The van der Waals surface area contributed by atoms with Gasteiger partial charge in [0, 0.05) is 12.4 Å². The van der Waals surface area contributed by atoms with Gasteiger partial charge in [0.15, 0.2) is 0 Å². The largest absolute Gasteiger partial charge is 0.318 e. The summed E-state index contributed by atoms with van der Waals surface area (Å²) in [5, 5.41) is 2.49. The zero-order valence-corrected chi connectivity index (χ0v) is 10.0. The third kappa shape index (κ3) is 3.61. The Morgan fingerprint density at radius 2 is 1.95 bits per heavy atom. The molecule has 1 heterocycles. The molecule has 0 spiro atoms. The third-order valence-electron chi connectivity index (χ3n) is 2.39. The van der Waals surface area contributed by atoms with Crippen molar-refractivity contribution in [2.75, 3.05) is 0 Å². The quantitative estimate of drug-likeness (QED) is 0.845. The Morgan fingerprint density at radius 1 is 1.16 bits per heavy atom. The van der Waals surface area contributed by atoms with E-state index in [-0.39, 0.29) is 5.70 Å². The molecule has 0 atom stereocenters. The fourth-order valence-corrected chi connectivity index (χ4v) is 1.50. The summed E-state index contributed by atoms with van der Waals surface area (Å²) in [5.74, 6) is -0.390. The standard InChI is InChI=1S/C15H11N2O2/c18-11-14(9-12-5-2-1-3-6-12)17-15(19)13-7-4-8-16-10-13/h1-10H,(H,17,19). The van der Waals surface area contributed by atoms with E-state index in [2.05, 4.69) is 10.3 Å². The molecule has 93 valence electrons. The molecule has 0 aliphatic carbocycles. The molecule has 1 aromatic heterocycles. The number of nitrogens with one attached hydrogen (secondary N) is 1. The zero-order chi connectivity index (χ0) is 13.5. The highest BCUT2D eigenvalue weighted by molar-refractivity contribution is 5.99. The van der Waals surface area contributed by atoms with E-state index in [0.29, 0.717) is 5.56 Å². The molecule has 1 radical (unpaired) electrons. The van der Waals surface area contributed by atoms with Gasteiger partial charge in [0.05, 0.1) is 11.3 Å². The number of aromatic nitrogens is 1. The van der Waals surface area contributed by atoms with Gasteiger partial charge in [0.2, 0.25) is 0 Å². The first-order valence-corrected chi connectivity index (χ1v) is 5.66. The molecule has 4 heteroatoms. The molecule has 0 saturated heterocycles. The third-order valence-corrected chi connectivity index (χ3v) is 2.39. The van der Waals surface area contributed by atoms with E-state index in [4.69, 9.17) is 0 Å². The fraction of sp³-hybridized carbons (Fsp3) is 0. The van der Waals surface area contributed by atoms with Gasteiger partial charge < -0.3 is 5.32 Å². The van der Waals surface area contributed by atoms with Crippen LogP contribution in [0.15, 0.2) is 60.6 Å². The SMILES string of the molecule is O=[C]C(=Cc1ccccc1)NC(=O)c1cccnc1. The van der Waals surface area contributed by atoms with Crippen LogP contribution < -0.4 is 5.32 Å². The smallest absolute Gasteiger partial charge is 0.257 e. The number of pyridine rings is 1. The maximum Gasteiger partial charge on any atom is 0.257 e. The van der Waals surface area contributed by atoms with Gasteiger partial charge in [-0.15, -0.1) is 0 Å². The van der Waals surface area contributed by atoms with E-state index in [1.54, 1.807) is 30.7 Å². The molecule has 0 aliphatic rings. The van der Waals surface area contributed by atoms with Crippen molar-refractivity contribution in [1.29, 1.82) is 0 Å². The lowest BCUT2D eigenvalue weighted by Gasteiger charge is -2.03. The van der Waals surface area contributed by atoms with Crippen LogP contribution in [0.4, 0.5) is 0 Å². The number of benzene rings is 1. The number of hydrogen-bond donors (Lipinski definition) is 1. The lowest BCUT2D eigenvalue weighted by molar-refractivity contribution is 0.0967. The van der Waals surface area contributed by atoms with E-state index in [0.717, 1.165) is 5.56 Å². The number of allylic oxidation sites excluding steroid dienone is 1. The van der Waals surface area contributed by atoms with Gasteiger partial charge in [-0.2, -0.15) is 0 Å². The first-order valence-electron chi connectivity index (χ1n) is 5.66. The molecule has 0 aliphatic heterocycles. The maximum atomic E-state index is 11.8. The highest BCUT2D eigenvalue weighted by Gasteiger charge is 2.07. The first kappa shape index (κ1) is 12.7. The first-order chi connectivity index (χ1) is 9.29. The van der Waals surface area contributed by atoms with Crippen molar-refractivity contribution in [3.05, 3.63) is 71.7 Å². The topological polar surface area (TPSA) is 59.1 Å². The molecule has 0 saturated carbocycles. The number of rotatable bonds is 4. The Balaban J connectivity index is 2.14. The van der Waals surface area contributed by atoms with E-state index >= 15 is 0 Å². The van der Waals surface area contributed by atoms with Crippen LogP contribution in [0.5, 0.6) is 0 Å². The van der Waals surface area contributed by atoms with Gasteiger partial charge in [-0.05, 0) is 23.8 Å². The van der Waals surface area contributed by atoms with Crippen LogP contribution in [-0.2, 0) is 4.79 Å². The van der Waals surface area contributed by atoms with Crippen molar-refractivity contribution in [2.24, 2.45) is 0 Å². The van der Waals surface area contributed by atoms with Crippen LogP contribution >= 0.6 is 0 Å². The second-order valence-electron chi connectivity index (χ2n) is 3.77. The number of hydrogen-bond acceptors (Lipinski definition) is 3. The van der Waals surface area contributed by atoms with Gasteiger partial charge in [-0.3, -0.25) is 14.6 Å². The lowest BCUT2D eigenvalue weighted by atomic mass is 10.2. The minimum Gasteiger partial charge on any atom is -0.318 e. The molecule has 0 bridgehead atoms. The Morgan fingerprint density at radius 3 is 2.58 bits per heavy atom. The number of amides is 1. The van der Waals surface area contributed by atoms with Crippen molar-refractivity contribution in [2.45, 2.75) is 0 Å². The van der Waals surface area contributed by atoms with Crippen LogP contribution in [0.2, 0.25) is 0 Å². The van der Waals surface area contributed by atoms with E-state index in [1.165, 1.54) is 6.20 Å². The highest BCUT2D eigenvalue weighted by atomic mass is 16.2. The van der Waals surface area contributed by atoms with Crippen LogP contribution in [-0.4, -0.2) is 17.2 Å². The van der Waals surface area contributed by atoms with Crippen LogP contribution in [0.3, 0.4) is 0 Å². The molecule has 0 unspecified atom stereocenters. The molecule has 1 aromatic carbocycles. The number of carbonyl (C=O) groups is 1. The molecule has 19 heavy (non-hydrogen) atoms. The normalized spacial score (nSPS) is 10.8. The summed E-state index contributed by atoms with van der Waals surface area (Å²) in [7, 11) is 0. The Labute approximate surface area is 110 Å². The van der Waals surface area contributed by atoms with Gasteiger partial charge in [0.25, 0.3) is 12.2 Å². The molecule has 1 amide bonds. The van der Waals surface area contributed by atoms with Gasteiger partial charge in [0.1, 0.15) is 0 Å². The minimum absolute atomic E-state index is 0.0834.